The largest absolute Gasteiger partial charge is 0.417 e. The molecular weight excluding hydrogens is 289 g/mol. The number of carbonyl (C=O) groups is 1. The van der Waals surface area contributed by atoms with Crippen LogP contribution in [0, 0.1) is 0 Å². The van der Waals surface area contributed by atoms with Crippen LogP contribution in [-0.4, -0.2) is 52.8 Å². The van der Waals surface area contributed by atoms with Gasteiger partial charge in [0.2, 0.25) is 0 Å². The first-order chi connectivity index (χ1) is 9.82. The summed E-state index contributed by atoms with van der Waals surface area (Å²) in [5.74, 6) is -0.474. The van der Waals surface area contributed by atoms with E-state index < -0.39 is 23.8 Å². The molecule has 1 aliphatic rings. The fraction of sp³-hybridized carbons (Fsp3) is 0.538. The predicted octanol–water partition coefficient (Wildman–Crippen LogP) is 1.32. The Hall–Kier alpha value is -1.67. The van der Waals surface area contributed by atoms with E-state index in [9.17, 15) is 18.0 Å². The first-order valence-corrected chi connectivity index (χ1v) is 6.39. The standard InChI is InChI=1S/C13H15F3N2O3/c1-8-7-21-10(6-19)5-18(8)12(20)11-3-2-9(4-17-11)13(14,15)16/h2-4,8,10,19H,5-7H2,1H3. The number of aromatic nitrogens is 1. The Bertz CT molecular complexity index is 504. The van der Waals surface area contributed by atoms with Crippen molar-refractivity contribution in [2.75, 3.05) is 19.8 Å². The number of hydrogen-bond acceptors (Lipinski definition) is 4. The number of morpholine rings is 1. The van der Waals surface area contributed by atoms with Crippen LogP contribution in [0.25, 0.3) is 0 Å². The lowest BCUT2D eigenvalue weighted by molar-refractivity contribution is -0.137. The summed E-state index contributed by atoms with van der Waals surface area (Å²) in [4.78, 5) is 17.3. The Morgan fingerprint density at radius 2 is 2.24 bits per heavy atom. The second-order valence-electron chi connectivity index (χ2n) is 4.87. The highest BCUT2D eigenvalue weighted by atomic mass is 19.4. The normalized spacial score (nSPS) is 23.2. The predicted molar refractivity (Wildman–Crippen MR) is 66.6 cm³/mol. The Morgan fingerprint density at radius 3 is 2.76 bits per heavy atom. The number of carbonyl (C=O) groups excluding carboxylic acids is 1. The van der Waals surface area contributed by atoms with Gasteiger partial charge in [-0.2, -0.15) is 13.2 Å². The number of halogens is 3. The summed E-state index contributed by atoms with van der Waals surface area (Å²) < 4.78 is 42.7. The van der Waals surface area contributed by atoms with E-state index in [1.807, 2.05) is 0 Å². The fourth-order valence-corrected chi connectivity index (χ4v) is 2.05. The third kappa shape index (κ3) is 3.51. The molecule has 0 saturated carbocycles. The molecule has 2 heterocycles. The molecule has 1 N–H and O–H groups in total. The molecule has 1 amide bonds. The summed E-state index contributed by atoms with van der Waals surface area (Å²) in [6.45, 7) is 1.98. The maximum Gasteiger partial charge on any atom is 0.417 e. The van der Waals surface area contributed by atoms with Gasteiger partial charge in [0.1, 0.15) is 5.69 Å². The number of rotatable bonds is 2. The summed E-state index contributed by atoms with van der Waals surface area (Å²) in [6.07, 6.45) is -4.33. The van der Waals surface area contributed by atoms with Crippen molar-refractivity contribution in [1.82, 2.24) is 9.88 Å². The lowest BCUT2D eigenvalue weighted by Gasteiger charge is -2.37. The molecule has 0 bridgehead atoms. The molecule has 1 aromatic rings. The van der Waals surface area contributed by atoms with Crippen LogP contribution in [-0.2, 0) is 10.9 Å². The highest BCUT2D eigenvalue weighted by Gasteiger charge is 2.33. The number of aliphatic hydroxyl groups is 1. The lowest BCUT2D eigenvalue weighted by Crippen LogP contribution is -2.52. The summed E-state index contributed by atoms with van der Waals surface area (Å²) in [5, 5.41) is 9.07. The van der Waals surface area contributed by atoms with Crippen molar-refractivity contribution in [3.63, 3.8) is 0 Å². The minimum atomic E-state index is -4.48. The molecule has 0 aliphatic carbocycles. The van der Waals surface area contributed by atoms with E-state index in [-0.39, 0.29) is 31.5 Å². The zero-order chi connectivity index (χ0) is 15.6. The molecule has 0 radical (unpaired) electrons. The van der Waals surface area contributed by atoms with Gasteiger partial charge in [0.25, 0.3) is 5.91 Å². The van der Waals surface area contributed by atoms with Gasteiger partial charge in [0.05, 0.1) is 30.9 Å². The summed E-state index contributed by atoms with van der Waals surface area (Å²) in [7, 11) is 0. The van der Waals surface area contributed by atoms with Crippen molar-refractivity contribution in [1.29, 1.82) is 0 Å². The number of aliphatic hydroxyl groups excluding tert-OH is 1. The van der Waals surface area contributed by atoms with Crippen molar-refractivity contribution >= 4 is 5.91 Å². The molecule has 1 aliphatic heterocycles. The second kappa shape index (κ2) is 5.98. The van der Waals surface area contributed by atoms with Gasteiger partial charge in [-0.25, -0.2) is 0 Å². The third-order valence-electron chi connectivity index (χ3n) is 3.28. The van der Waals surface area contributed by atoms with Crippen LogP contribution in [0.5, 0.6) is 0 Å². The van der Waals surface area contributed by atoms with E-state index in [2.05, 4.69) is 4.98 Å². The van der Waals surface area contributed by atoms with Crippen LogP contribution in [0.2, 0.25) is 0 Å². The smallest absolute Gasteiger partial charge is 0.394 e. The minimum absolute atomic E-state index is 0.0616. The van der Waals surface area contributed by atoms with Crippen molar-refractivity contribution in [2.24, 2.45) is 0 Å². The average Bonchev–Trinajstić information content (AvgIpc) is 2.46. The highest BCUT2D eigenvalue weighted by molar-refractivity contribution is 5.92. The fourth-order valence-electron chi connectivity index (χ4n) is 2.05. The Labute approximate surface area is 119 Å². The molecule has 2 rings (SSSR count). The van der Waals surface area contributed by atoms with Crippen LogP contribution in [0.3, 0.4) is 0 Å². The maximum atomic E-state index is 12.5. The first-order valence-electron chi connectivity index (χ1n) is 6.39. The molecule has 2 atom stereocenters. The molecule has 0 aromatic carbocycles. The summed E-state index contributed by atoms with van der Waals surface area (Å²) >= 11 is 0. The zero-order valence-electron chi connectivity index (χ0n) is 11.3. The van der Waals surface area contributed by atoms with Crippen LogP contribution >= 0.6 is 0 Å². The second-order valence-corrected chi connectivity index (χ2v) is 4.87. The van der Waals surface area contributed by atoms with E-state index in [0.29, 0.717) is 6.20 Å². The monoisotopic (exact) mass is 304 g/mol. The van der Waals surface area contributed by atoms with E-state index in [1.165, 1.54) is 4.90 Å². The van der Waals surface area contributed by atoms with Crippen LogP contribution in [0.15, 0.2) is 18.3 Å². The molecule has 116 valence electrons. The van der Waals surface area contributed by atoms with Gasteiger partial charge >= 0.3 is 6.18 Å². The van der Waals surface area contributed by atoms with Crippen LogP contribution < -0.4 is 0 Å². The molecule has 8 heteroatoms. The van der Waals surface area contributed by atoms with Crippen molar-refractivity contribution in [3.8, 4) is 0 Å². The maximum absolute atomic E-state index is 12.5. The molecule has 1 fully saturated rings. The van der Waals surface area contributed by atoms with Gasteiger partial charge in [-0.15, -0.1) is 0 Å². The third-order valence-corrected chi connectivity index (χ3v) is 3.28. The molecule has 0 spiro atoms. The van der Waals surface area contributed by atoms with Gasteiger partial charge in [-0.3, -0.25) is 9.78 Å². The van der Waals surface area contributed by atoms with Gasteiger partial charge in [-0.05, 0) is 19.1 Å². The Kier molecular flexibility index (Phi) is 4.48. The lowest BCUT2D eigenvalue weighted by atomic mass is 10.1. The van der Waals surface area contributed by atoms with E-state index in [4.69, 9.17) is 9.84 Å². The number of nitrogens with zero attached hydrogens (tertiary/aromatic N) is 2. The molecular formula is C13H15F3N2O3. The number of alkyl halides is 3. The van der Waals surface area contributed by atoms with Crippen molar-refractivity contribution in [2.45, 2.75) is 25.2 Å². The number of pyridine rings is 1. The zero-order valence-corrected chi connectivity index (χ0v) is 11.3. The summed E-state index contributed by atoms with van der Waals surface area (Å²) in [5.41, 5.74) is -0.962. The Balaban J connectivity index is 2.15. The van der Waals surface area contributed by atoms with E-state index in [0.717, 1.165) is 12.1 Å². The SMILES string of the molecule is CC1COC(CO)CN1C(=O)c1ccc(C(F)(F)F)cn1. The molecule has 1 saturated heterocycles. The van der Waals surface area contributed by atoms with Crippen molar-refractivity contribution in [3.05, 3.63) is 29.6 Å². The molecule has 5 nitrogen and oxygen atoms in total. The van der Waals surface area contributed by atoms with Gasteiger partial charge < -0.3 is 14.7 Å². The topological polar surface area (TPSA) is 62.7 Å². The first kappa shape index (κ1) is 15.7. The minimum Gasteiger partial charge on any atom is -0.394 e. The molecule has 1 aromatic heterocycles. The number of hydrogen-bond donors (Lipinski definition) is 1. The van der Waals surface area contributed by atoms with Crippen LogP contribution in [0.4, 0.5) is 13.2 Å². The highest BCUT2D eigenvalue weighted by Crippen LogP contribution is 2.28. The average molecular weight is 304 g/mol. The molecule has 2 unspecified atom stereocenters. The van der Waals surface area contributed by atoms with E-state index >= 15 is 0 Å². The van der Waals surface area contributed by atoms with Gasteiger partial charge in [-0.1, -0.05) is 0 Å². The van der Waals surface area contributed by atoms with Crippen LogP contribution in [0.1, 0.15) is 23.0 Å². The van der Waals surface area contributed by atoms with E-state index in [1.54, 1.807) is 6.92 Å². The summed E-state index contributed by atoms with van der Waals surface area (Å²) in [6, 6.07) is 1.65. The quantitative estimate of drug-likeness (QED) is 0.895. The number of amides is 1. The van der Waals surface area contributed by atoms with Crippen molar-refractivity contribution < 1.29 is 27.8 Å². The number of ether oxygens (including phenoxy) is 1. The van der Waals surface area contributed by atoms with Gasteiger partial charge in [0, 0.05) is 12.7 Å². The Morgan fingerprint density at radius 1 is 1.52 bits per heavy atom. The molecule has 21 heavy (non-hydrogen) atoms. The van der Waals surface area contributed by atoms with Gasteiger partial charge in [0.15, 0.2) is 0 Å².